The topological polar surface area (TPSA) is 65.1 Å². The molecule has 1 atom stereocenters. The first-order valence-electron chi connectivity index (χ1n) is 5.94. The van der Waals surface area contributed by atoms with Crippen LogP contribution in [0.3, 0.4) is 0 Å². The molecule has 0 amide bonds. The van der Waals surface area contributed by atoms with Gasteiger partial charge < -0.3 is 10.3 Å². The zero-order valence-electron chi connectivity index (χ0n) is 10.2. The van der Waals surface area contributed by atoms with Crippen LogP contribution in [0, 0.1) is 0 Å². The molecule has 17 heavy (non-hydrogen) atoms. The van der Waals surface area contributed by atoms with Gasteiger partial charge in [-0.1, -0.05) is 13.3 Å². The molecule has 0 bridgehead atoms. The fourth-order valence-electron chi connectivity index (χ4n) is 1.53. The van der Waals surface area contributed by atoms with Crippen molar-refractivity contribution >= 4 is 16.5 Å². The molecule has 0 saturated heterocycles. The average Bonchev–Trinajstić information content (AvgIpc) is 2.31. The van der Waals surface area contributed by atoms with Crippen molar-refractivity contribution in [1.29, 1.82) is 0 Å². The van der Waals surface area contributed by atoms with Crippen molar-refractivity contribution in [1.82, 2.24) is 4.57 Å². The Labute approximate surface area is 104 Å². The van der Waals surface area contributed by atoms with Crippen molar-refractivity contribution in [2.75, 3.05) is 17.2 Å². The Hall–Kier alpha value is -1.10. The maximum Gasteiger partial charge on any atom is 0.250 e. The van der Waals surface area contributed by atoms with Gasteiger partial charge in [0.2, 0.25) is 0 Å². The van der Waals surface area contributed by atoms with Crippen LogP contribution < -0.4 is 11.3 Å². The number of unbranched alkanes of at least 4 members (excludes halogenated alkanes) is 1. The van der Waals surface area contributed by atoms with Crippen LogP contribution in [0.15, 0.2) is 23.1 Å². The van der Waals surface area contributed by atoms with Crippen LogP contribution in [0.2, 0.25) is 0 Å². The number of aryl methyl sites for hydroxylation is 1. The van der Waals surface area contributed by atoms with Gasteiger partial charge in [-0.2, -0.15) is 0 Å². The van der Waals surface area contributed by atoms with Crippen LogP contribution in [-0.4, -0.2) is 20.3 Å². The Kier molecular flexibility index (Phi) is 5.97. The number of hydrogen-bond donors (Lipinski definition) is 1. The first kappa shape index (κ1) is 14.0. The monoisotopic (exact) mass is 256 g/mol. The molecule has 1 rings (SSSR count). The molecule has 0 aliphatic rings. The second kappa shape index (κ2) is 7.27. The van der Waals surface area contributed by atoms with Crippen molar-refractivity contribution in [2.45, 2.75) is 32.7 Å². The van der Waals surface area contributed by atoms with Crippen molar-refractivity contribution in [3.05, 3.63) is 28.7 Å². The Morgan fingerprint density at radius 2 is 2.00 bits per heavy atom. The summed E-state index contributed by atoms with van der Waals surface area (Å²) >= 11 is 0. The zero-order valence-corrected chi connectivity index (χ0v) is 11.0. The molecule has 0 saturated carbocycles. The van der Waals surface area contributed by atoms with E-state index < -0.39 is 10.8 Å². The lowest BCUT2D eigenvalue weighted by Gasteiger charge is -2.06. The Morgan fingerprint density at radius 1 is 1.29 bits per heavy atom. The number of rotatable bonds is 7. The molecule has 0 spiro atoms. The molecule has 4 nitrogen and oxygen atoms in total. The Morgan fingerprint density at radius 3 is 2.71 bits per heavy atom. The van der Waals surface area contributed by atoms with E-state index in [1.807, 2.05) is 0 Å². The molecular formula is C12H20N2O2S. The van der Waals surface area contributed by atoms with Gasteiger partial charge in [-0.05, 0) is 18.9 Å². The van der Waals surface area contributed by atoms with Crippen molar-refractivity contribution in [3.8, 4) is 0 Å². The number of aromatic nitrogens is 1. The molecule has 2 N–H and O–H groups in total. The fourth-order valence-corrected chi connectivity index (χ4v) is 2.79. The highest BCUT2D eigenvalue weighted by atomic mass is 32.2. The van der Waals surface area contributed by atoms with Gasteiger partial charge in [-0.3, -0.25) is 9.00 Å². The zero-order chi connectivity index (χ0) is 12.7. The third-order valence-corrected chi connectivity index (χ3v) is 3.99. The molecular weight excluding hydrogens is 236 g/mol. The number of hydrogen-bond acceptors (Lipinski definition) is 3. The molecule has 1 aromatic rings. The number of nitrogen functional groups attached to an aromatic ring is 1. The summed E-state index contributed by atoms with van der Waals surface area (Å²) in [6.45, 7) is 2.67. The third kappa shape index (κ3) is 5.17. The first-order chi connectivity index (χ1) is 8.13. The van der Waals surface area contributed by atoms with Crippen molar-refractivity contribution in [3.63, 3.8) is 0 Å². The summed E-state index contributed by atoms with van der Waals surface area (Å²) in [6, 6.07) is 3.06. The van der Waals surface area contributed by atoms with Gasteiger partial charge in [-0.25, -0.2) is 0 Å². The van der Waals surface area contributed by atoms with Gasteiger partial charge in [0.25, 0.3) is 5.56 Å². The number of nitrogens with two attached hydrogens (primary N) is 1. The minimum Gasteiger partial charge on any atom is -0.398 e. The second-order valence-corrected chi connectivity index (χ2v) is 5.75. The predicted molar refractivity (Wildman–Crippen MR) is 72.5 cm³/mol. The van der Waals surface area contributed by atoms with Crippen molar-refractivity contribution < 1.29 is 4.21 Å². The Bertz CT molecular complexity index is 429. The summed E-state index contributed by atoms with van der Waals surface area (Å²) < 4.78 is 13.1. The van der Waals surface area contributed by atoms with Crippen LogP contribution >= 0.6 is 0 Å². The third-order valence-electron chi connectivity index (χ3n) is 2.50. The summed E-state index contributed by atoms with van der Waals surface area (Å²) in [6.07, 6.45) is 4.46. The van der Waals surface area contributed by atoms with E-state index in [0.29, 0.717) is 18.0 Å². The van der Waals surface area contributed by atoms with E-state index in [9.17, 15) is 9.00 Å². The van der Waals surface area contributed by atoms with Crippen LogP contribution in [0.1, 0.15) is 26.2 Å². The summed E-state index contributed by atoms with van der Waals surface area (Å²) in [7, 11) is -0.752. The number of pyridine rings is 1. The minimum absolute atomic E-state index is 0.0569. The van der Waals surface area contributed by atoms with E-state index in [1.54, 1.807) is 16.8 Å². The van der Waals surface area contributed by atoms with Gasteiger partial charge in [0.1, 0.15) is 0 Å². The molecule has 5 heteroatoms. The smallest absolute Gasteiger partial charge is 0.250 e. The molecule has 0 aliphatic carbocycles. The van der Waals surface area contributed by atoms with E-state index in [-0.39, 0.29) is 5.56 Å². The maximum absolute atomic E-state index is 11.5. The summed E-state index contributed by atoms with van der Waals surface area (Å²) in [4.78, 5) is 11.5. The van der Waals surface area contributed by atoms with Crippen LogP contribution in [-0.2, 0) is 17.3 Å². The van der Waals surface area contributed by atoms with Gasteiger partial charge in [0.05, 0.1) is 0 Å². The maximum atomic E-state index is 11.5. The lowest BCUT2D eigenvalue weighted by molar-refractivity contribution is 0.643. The largest absolute Gasteiger partial charge is 0.398 e. The first-order valence-corrected chi connectivity index (χ1v) is 7.43. The van der Waals surface area contributed by atoms with E-state index in [0.717, 1.165) is 25.0 Å². The van der Waals surface area contributed by atoms with Gasteiger partial charge >= 0.3 is 0 Å². The van der Waals surface area contributed by atoms with Crippen molar-refractivity contribution in [2.24, 2.45) is 0 Å². The molecule has 1 heterocycles. The fraction of sp³-hybridized carbons (Fsp3) is 0.583. The SMILES string of the molecule is CCCCS(=O)CCCn1cc(N)ccc1=O. The molecule has 0 aliphatic heterocycles. The van der Waals surface area contributed by atoms with E-state index in [4.69, 9.17) is 5.73 Å². The van der Waals surface area contributed by atoms with E-state index >= 15 is 0 Å². The van der Waals surface area contributed by atoms with Crippen LogP contribution in [0.5, 0.6) is 0 Å². The number of nitrogens with zero attached hydrogens (tertiary/aromatic N) is 1. The second-order valence-electron chi connectivity index (χ2n) is 4.05. The van der Waals surface area contributed by atoms with Gasteiger partial charge in [0, 0.05) is 46.8 Å². The highest BCUT2D eigenvalue weighted by molar-refractivity contribution is 7.84. The highest BCUT2D eigenvalue weighted by Crippen LogP contribution is 1.99. The molecule has 0 fully saturated rings. The van der Waals surface area contributed by atoms with E-state index in [1.165, 1.54) is 6.07 Å². The lowest BCUT2D eigenvalue weighted by atomic mass is 10.4. The molecule has 0 aromatic carbocycles. The van der Waals surface area contributed by atoms with Crippen LogP contribution in [0.25, 0.3) is 0 Å². The van der Waals surface area contributed by atoms with Crippen LogP contribution in [0.4, 0.5) is 5.69 Å². The summed E-state index contributed by atoms with van der Waals surface area (Å²) in [5, 5.41) is 0. The number of anilines is 1. The normalized spacial score (nSPS) is 12.5. The highest BCUT2D eigenvalue weighted by Gasteiger charge is 2.01. The van der Waals surface area contributed by atoms with Gasteiger partial charge in [-0.15, -0.1) is 0 Å². The Balaban J connectivity index is 2.38. The predicted octanol–water partition coefficient (Wildman–Crippen LogP) is 1.37. The summed E-state index contributed by atoms with van der Waals surface area (Å²) in [5.41, 5.74) is 6.13. The molecule has 0 radical (unpaired) electrons. The lowest BCUT2D eigenvalue weighted by Crippen LogP contribution is -2.20. The molecule has 1 unspecified atom stereocenters. The van der Waals surface area contributed by atoms with Gasteiger partial charge in [0.15, 0.2) is 0 Å². The minimum atomic E-state index is -0.752. The quantitative estimate of drug-likeness (QED) is 0.801. The molecule has 96 valence electrons. The average molecular weight is 256 g/mol. The summed E-state index contributed by atoms with van der Waals surface area (Å²) in [5.74, 6) is 1.42. The standard InChI is InChI=1S/C12H20N2O2S/c1-2-3-8-17(16)9-4-7-14-10-11(13)5-6-12(14)15/h5-6,10H,2-4,7-9,13H2,1H3. The molecule has 1 aromatic heterocycles. The van der Waals surface area contributed by atoms with E-state index in [2.05, 4.69) is 6.92 Å².